The Balaban J connectivity index is 2.26. The highest BCUT2D eigenvalue weighted by Crippen LogP contribution is 2.32. The van der Waals surface area contributed by atoms with Gasteiger partial charge in [-0.15, -0.1) is 0 Å². The van der Waals surface area contributed by atoms with Crippen molar-refractivity contribution >= 4 is 18.7 Å². The molecule has 0 aliphatic heterocycles. The summed E-state index contributed by atoms with van der Waals surface area (Å²) in [5, 5.41) is 2.65. The van der Waals surface area contributed by atoms with Gasteiger partial charge in [0.15, 0.2) is 0 Å². The summed E-state index contributed by atoms with van der Waals surface area (Å²) in [7, 11) is 0. The highest BCUT2D eigenvalue weighted by atomic mass is 32.1. The summed E-state index contributed by atoms with van der Waals surface area (Å²) in [5.41, 5.74) is -0.222. The molecule has 76 valence electrons. The van der Waals surface area contributed by atoms with E-state index in [-0.39, 0.29) is 11.7 Å². The molecule has 0 bridgehead atoms. The predicted molar refractivity (Wildman–Crippen MR) is 55.2 cm³/mol. The Hall–Kier alpha value is -0.380. The van der Waals surface area contributed by atoms with Crippen molar-refractivity contribution in [2.75, 3.05) is 12.3 Å². The normalized spacial score (nSPS) is 19.8. The third-order valence-electron chi connectivity index (χ3n) is 2.38. The fraction of sp³-hybridized carbons (Fsp3) is 0.889. The molecule has 0 aromatic carbocycles. The molecule has 0 radical (unpaired) electrons. The highest BCUT2D eigenvalue weighted by molar-refractivity contribution is 7.80. The lowest BCUT2D eigenvalue weighted by Gasteiger charge is -2.23. The molecule has 0 unspecified atom stereocenters. The zero-order valence-corrected chi connectivity index (χ0v) is 8.90. The number of alkyl carbamates (subject to hydrolysis) is 1. The minimum Gasteiger partial charge on any atom is -0.443 e. The summed E-state index contributed by atoms with van der Waals surface area (Å²) >= 11 is 3.99. The number of amides is 1. The monoisotopic (exact) mass is 203 g/mol. The topological polar surface area (TPSA) is 38.3 Å². The van der Waals surface area contributed by atoms with Crippen LogP contribution in [0.25, 0.3) is 0 Å². The molecule has 13 heavy (non-hydrogen) atoms. The van der Waals surface area contributed by atoms with Gasteiger partial charge in [0.1, 0.15) is 5.60 Å². The van der Waals surface area contributed by atoms with Crippen LogP contribution in [0.2, 0.25) is 0 Å². The minimum atomic E-state index is -0.307. The van der Waals surface area contributed by atoms with Crippen LogP contribution in [0.5, 0.6) is 0 Å². The van der Waals surface area contributed by atoms with Crippen molar-refractivity contribution in [3.63, 3.8) is 0 Å². The molecule has 0 saturated heterocycles. The van der Waals surface area contributed by atoms with Gasteiger partial charge in [0.25, 0.3) is 0 Å². The lowest BCUT2D eigenvalue weighted by molar-refractivity contribution is 0.0308. The zero-order chi connectivity index (χ0) is 9.73. The molecule has 0 heterocycles. The Morgan fingerprint density at radius 2 is 2.15 bits per heavy atom. The van der Waals surface area contributed by atoms with E-state index in [1.165, 1.54) is 0 Å². The highest BCUT2D eigenvalue weighted by Gasteiger charge is 2.32. The maximum absolute atomic E-state index is 11.2. The number of carbonyl (C=O) groups is 1. The van der Waals surface area contributed by atoms with Gasteiger partial charge in [-0.1, -0.05) is 0 Å². The largest absolute Gasteiger partial charge is 0.443 e. The van der Waals surface area contributed by atoms with E-state index in [1.807, 2.05) is 6.92 Å². The van der Waals surface area contributed by atoms with Gasteiger partial charge in [0.2, 0.25) is 0 Å². The number of carbonyl (C=O) groups excluding carboxylic acids is 1. The van der Waals surface area contributed by atoms with Gasteiger partial charge in [-0.2, -0.15) is 12.6 Å². The summed E-state index contributed by atoms with van der Waals surface area (Å²) in [6.07, 6.45) is 3.99. The van der Waals surface area contributed by atoms with Crippen molar-refractivity contribution in [3.8, 4) is 0 Å². The van der Waals surface area contributed by atoms with Gasteiger partial charge >= 0.3 is 6.09 Å². The summed E-state index contributed by atoms with van der Waals surface area (Å²) in [4.78, 5) is 11.2. The smallest absolute Gasteiger partial charge is 0.407 e. The number of rotatable bonds is 3. The summed E-state index contributed by atoms with van der Waals surface area (Å²) in [6.45, 7) is 2.57. The van der Waals surface area contributed by atoms with Crippen molar-refractivity contribution in [3.05, 3.63) is 0 Å². The third kappa shape index (κ3) is 3.46. The Morgan fingerprint density at radius 3 is 2.69 bits per heavy atom. The first-order valence-corrected chi connectivity index (χ1v) is 5.37. The molecule has 1 N–H and O–H groups in total. The van der Waals surface area contributed by atoms with Gasteiger partial charge in [0.05, 0.1) is 0 Å². The minimum absolute atomic E-state index is 0.222. The Kier molecular flexibility index (Phi) is 3.90. The zero-order valence-electron chi connectivity index (χ0n) is 8.01. The lowest BCUT2D eigenvalue weighted by Crippen LogP contribution is -2.35. The summed E-state index contributed by atoms with van der Waals surface area (Å²) in [5.74, 6) is 0.645. The second kappa shape index (κ2) is 4.74. The number of nitrogens with one attached hydrogen (secondary N) is 1. The molecular formula is C9H17NO2S. The Morgan fingerprint density at radius 1 is 1.54 bits per heavy atom. The van der Waals surface area contributed by atoms with Crippen molar-refractivity contribution in [1.82, 2.24) is 5.32 Å². The summed E-state index contributed by atoms with van der Waals surface area (Å²) in [6, 6.07) is 0. The molecule has 3 nitrogen and oxygen atoms in total. The number of hydrogen-bond donors (Lipinski definition) is 2. The molecule has 1 fully saturated rings. The maximum atomic E-state index is 11.2. The third-order valence-corrected chi connectivity index (χ3v) is 2.61. The van der Waals surface area contributed by atoms with E-state index in [1.54, 1.807) is 0 Å². The second-order valence-corrected chi connectivity index (χ2v) is 4.14. The first-order chi connectivity index (χ1) is 6.16. The average molecular weight is 203 g/mol. The van der Waals surface area contributed by atoms with E-state index in [0.29, 0.717) is 12.3 Å². The van der Waals surface area contributed by atoms with Crippen LogP contribution in [0.1, 0.15) is 32.6 Å². The molecule has 0 aromatic heterocycles. The first-order valence-electron chi connectivity index (χ1n) is 4.74. The molecule has 1 aliphatic rings. The fourth-order valence-corrected chi connectivity index (χ4v) is 1.75. The van der Waals surface area contributed by atoms with Gasteiger partial charge < -0.3 is 10.1 Å². The summed E-state index contributed by atoms with van der Waals surface area (Å²) < 4.78 is 5.32. The van der Waals surface area contributed by atoms with Crippen molar-refractivity contribution in [2.24, 2.45) is 0 Å². The predicted octanol–water partition coefficient (Wildman–Crippen LogP) is 1.98. The molecule has 0 aromatic rings. The Bertz CT molecular complexity index is 178. The quantitative estimate of drug-likeness (QED) is 0.688. The lowest BCUT2D eigenvalue weighted by atomic mass is 10.1. The van der Waals surface area contributed by atoms with E-state index >= 15 is 0 Å². The molecule has 0 spiro atoms. The maximum Gasteiger partial charge on any atom is 0.407 e. The molecule has 1 rings (SSSR count). The van der Waals surface area contributed by atoms with E-state index in [4.69, 9.17) is 4.74 Å². The van der Waals surface area contributed by atoms with E-state index in [0.717, 1.165) is 25.7 Å². The average Bonchev–Trinajstić information content (AvgIpc) is 2.48. The van der Waals surface area contributed by atoms with E-state index < -0.39 is 0 Å². The van der Waals surface area contributed by atoms with Crippen LogP contribution in [0.4, 0.5) is 4.79 Å². The first kappa shape index (κ1) is 10.7. The van der Waals surface area contributed by atoms with Gasteiger partial charge in [-0.3, -0.25) is 0 Å². The molecular weight excluding hydrogens is 186 g/mol. The SMILES string of the molecule is CC1(OC(=O)NCCS)CCCC1. The van der Waals surface area contributed by atoms with Crippen molar-refractivity contribution in [2.45, 2.75) is 38.2 Å². The number of hydrogen-bond acceptors (Lipinski definition) is 3. The van der Waals surface area contributed by atoms with E-state index in [9.17, 15) is 4.79 Å². The van der Waals surface area contributed by atoms with Crippen LogP contribution >= 0.6 is 12.6 Å². The second-order valence-electron chi connectivity index (χ2n) is 3.70. The van der Waals surface area contributed by atoms with Crippen molar-refractivity contribution < 1.29 is 9.53 Å². The van der Waals surface area contributed by atoms with Gasteiger partial charge in [-0.25, -0.2) is 4.79 Å². The van der Waals surface area contributed by atoms with Crippen LogP contribution < -0.4 is 5.32 Å². The number of ether oxygens (including phenoxy) is 1. The number of thiol groups is 1. The van der Waals surface area contributed by atoms with Crippen LogP contribution in [0, 0.1) is 0 Å². The standard InChI is InChI=1S/C9H17NO2S/c1-9(4-2-3-5-9)12-8(11)10-6-7-13/h13H,2-7H2,1H3,(H,10,11). The van der Waals surface area contributed by atoms with Crippen LogP contribution in [0.3, 0.4) is 0 Å². The molecule has 4 heteroatoms. The van der Waals surface area contributed by atoms with Crippen LogP contribution in [-0.4, -0.2) is 24.0 Å². The van der Waals surface area contributed by atoms with Crippen LogP contribution in [0.15, 0.2) is 0 Å². The van der Waals surface area contributed by atoms with Gasteiger partial charge in [0, 0.05) is 12.3 Å². The van der Waals surface area contributed by atoms with E-state index in [2.05, 4.69) is 17.9 Å². The fourth-order valence-electron chi connectivity index (χ4n) is 1.64. The molecule has 0 atom stereocenters. The van der Waals surface area contributed by atoms with Crippen molar-refractivity contribution in [1.29, 1.82) is 0 Å². The van der Waals surface area contributed by atoms with Crippen LogP contribution in [-0.2, 0) is 4.74 Å². The molecule has 1 saturated carbocycles. The molecule has 1 aliphatic carbocycles. The Labute approximate surface area is 84.6 Å². The van der Waals surface area contributed by atoms with Gasteiger partial charge in [-0.05, 0) is 32.6 Å². The molecule has 1 amide bonds.